The predicted molar refractivity (Wildman–Crippen MR) is 137 cm³/mol. The number of halogens is 3. The third-order valence-corrected chi connectivity index (χ3v) is 7.70. The normalized spacial score (nSPS) is 14.8. The van der Waals surface area contributed by atoms with Gasteiger partial charge in [0, 0.05) is 40.9 Å². The van der Waals surface area contributed by atoms with Crippen molar-refractivity contribution in [2.45, 2.75) is 36.9 Å². The Morgan fingerprint density at radius 3 is 2.54 bits per heavy atom. The van der Waals surface area contributed by atoms with Gasteiger partial charge in [-0.15, -0.1) is 15.7 Å². The van der Waals surface area contributed by atoms with Gasteiger partial charge in [-0.25, -0.2) is 14.0 Å². The van der Waals surface area contributed by atoms with Gasteiger partial charge in [0.15, 0.2) is 5.60 Å². The molecule has 0 bridgehead atoms. The highest BCUT2D eigenvalue weighted by molar-refractivity contribution is 7.93. The molecule has 14 heteroatoms. The van der Waals surface area contributed by atoms with Crippen LogP contribution in [0, 0.1) is 0 Å². The summed E-state index contributed by atoms with van der Waals surface area (Å²) < 4.78 is 60.1. The molecule has 3 rings (SSSR count). The van der Waals surface area contributed by atoms with Crippen LogP contribution in [0.2, 0.25) is 0 Å². The minimum Gasteiger partial charge on any atom is -0.448 e. The Kier molecular flexibility index (Phi) is 8.76. The molecule has 1 amide bonds. The van der Waals surface area contributed by atoms with Crippen LogP contribution in [0.3, 0.4) is 0 Å². The number of alkyl halides is 3. The standard InChI is InChI=1S/C23H26F3N5O4S2/c1-4-35-21(32)31-37(3,34)16-9-7-15(8-10-16)29-20-28-14-17(18-6-5-13-36-18)19(30-20)27-12-11-22(2,33)23(24,25)26/h5-10,13-14,33H,4,11-12H2,1-3H3,(H2,27,28,29,30). The monoisotopic (exact) mass is 557 g/mol. The van der Waals surface area contributed by atoms with Gasteiger partial charge >= 0.3 is 12.3 Å². The average Bonchev–Trinajstić information content (AvgIpc) is 3.33. The first-order chi connectivity index (χ1) is 17.3. The number of carbonyl (C=O) groups excluding carboxylic acids is 1. The first-order valence-electron chi connectivity index (χ1n) is 11.0. The van der Waals surface area contributed by atoms with E-state index in [2.05, 4.69) is 25.0 Å². The quantitative estimate of drug-likeness (QED) is 0.307. The molecular formula is C23H26F3N5O4S2. The zero-order chi connectivity index (χ0) is 27.3. The van der Waals surface area contributed by atoms with Gasteiger partial charge < -0.3 is 20.5 Å². The van der Waals surface area contributed by atoms with Crippen LogP contribution in [0.1, 0.15) is 20.3 Å². The Bertz CT molecular complexity index is 1340. The topological polar surface area (TPSA) is 126 Å². The van der Waals surface area contributed by atoms with Gasteiger partial charge in [-0.3, -0.25) is 0 Å². The minimum atomic E-state index is -4.76. The Morgan fingerprint density at radius 2 is 1.95 bits per heavy atom. The third kappa shape index (κ3) is 7.40. The molecule has 0 spiro atoms. The van der Waals surface area contributed by atoms with E-state index in [4.69, 9.17) is 4.74 Å². The number of ether oxygens (including phenoxy) is 1. The Hall–Kier alpha value is -3.23. The molecule has 0 aliphatic heterocycles. The smallest absolute Gasteiger partial charge is 0.442 e. The summed E-state index contributed by atoms with van der Waals surface area (Å²) in [6.07, 6.45) is -3.39. The molecule has 3 N–H and O–H groups in total. The molecule has 200 valence electrons. The van der Waals surface area contributed by atoms with Crippen molar-refractivity contribution in [2.75, 3.05) is 30.0 Å². The number of hydrogen-bond donors (Lipinski definition) is 3. The SMILES string of the molecule is CCOC(=O)N=S(C)(=O)c1ccc(Nc2ncc(-c3cccs3)c(NCCC(C)(O)C(F)(F)F)n2)cc1. The molecule has 37 heavy (non-hydrogen) atoms. The molecule has 2 unspecified atom stereocenters. The summed E-state index contributed by atoms with van der Waals surface area (Å²) in [6.45, 7) is 2.27. The predicted octanol–water partition coefficient (Wildman–Crippen LogP) is 5.68. The average molecular weight is 558 g/mol. The summed E-state index contributed by atoms with van der Waals surface area (Å²) >= 11 is 1.42. The molecule has 2 atom stereocenters. The summed E-state index contributed by atoms with van der Waals surface area (Å²) in [6, 6.07) is 9.92. The van der Waals surface area contributed by atoms with Gasteiger partial charge in [0.2, 0.25) is 5.95 Å². The van der Waals surface area contributed by atoms with Gasteiger partial charge in [0.1, 0.15) is 5.82 Å². The Morgan fingerprint density at radius 1 is 1.24 bits per heavy atom. The molecule has 0 radical (unpaired) electrons. The van der Waals surface area contributed by atoms with Crippen LogP contribution in [0.25, 0.3) is 10.4 Å². The van der Waals surface area contributed by atoms with E-state index in [1.54, 1.807) is 19.1 Å². The van der Waals surface area contributed by atoms with E-state index in [1.165, 1.54) is 35.9 Å². The number of amides is 1. The first-order valence-corrected chi connectivity index (χ1v) is 13.8. The molecule has 0 aliphatic rings. The van der Waals surface area contributed by atoms with Crippen molar-refractivity contribution in [3.63, 3.8) is 0 Å². The number of nitrogens with zero attached hydrogens (tertiary/aromatic N) is 3. The molecule has 0 saturated heterocycles. The van der Waals surface area contributed by atoms with Crippen molar-refractivity contribution in [1.29, 1.82) is 0 Å². The number of rotatable bonds is 9. The third-order valence-electron chi connectivity index (χ3n) is 5.15. The second-order valence-corrected chi connectivity index (χ2v) is 11.3. The fourth-order valence-corrected chi connectivity index (χ4v) is 4.84. The van der Waals surface area contributed by atoms with E-state index in [9.17, 15) is 27.3 Å². The maximum atomic E-state index is 13.0. The summed E-state index contributed by atoms with van der Waals surface area (Å²) in [5.74, 6) is 0.450. The van der Waals surface area contributed by atoms with Crippen LogP contribution < -0.4 is 10.6 Å². The van der Waals surface area contributed by atoms with Gasteiger partial charge in [0.25, 0.3) is 0 Å². The van der Waals surface area contributed by atoms with Gasteiger partial charge in [-0.1, -0.05) is 6.07 Å². The number of carbonyl (C=O) groups is 1. The van der Waals surface area contributed by atoms with Gasteiger partial charge in [-0.05, 0) is 49.6 Å². The summed E-state index contributed by atoms with van der Waals surface area (Å²) in [4.78, 5) is 21.4. The molecule has 1 aromatic carbocycles. The highest BCUT2D eigenvalue weighted by Gasteiger charge is 2.49. The number of nitrogens with one attached hydrogen (secondary N) is 2. The van der Waals surface area contributed by atoms with Crippen LogP contribution in [0.5, 0.6) is 0 Å². The van der Waals surface area contributed by atoms with Crippen LogP contribution in [0.15, 0.2) is 57.2 Å². The van der Waals surface area contributed by atoms with Crippen molar-refractivity contribution in [3.05, 3.63) is 48.0 Å². The van der Waals surface area contributed by atoms with E-state index in [0.717, 1.165) is 11.8 Å². The molecule has 2 aromatic heterocycles. The molecule has 9 nitrogen and oxygen atoms in total. The first kappa shape index (κ1) is 28.3. The lowest BCUT2D eigenvalue weighted by atomic mass is 10.0. The van der Waals surface area contributed by atoms with E-state index in [1.807, 2.05) is 17.5 Å². The number of aliphatic hydroxyl groups is 1. The minimum absolute atomic E-state index is 0.116. The molecule has 0 fully saturated rings. The maximum Gasteiger partial charge on any atom is 0.442 e. The molecule has 2 heterocycles. The number of aromatic nitrogens is 2. The van der Waals surface area contributed by atoms with E-state index >= 15 is 0 Å². The van der Waals surface area contributed by atoms with Crippen molar-refractivity contribution in [3.8, 4) is 10.4 Å². The fraction of sp³-hybridized carbons (Fsp3) is 0.348. The van der Waals surface area contributed by atoms with Crippen molar-refractivity contribution in [2.24, 2.45) is 4.36 Å². The van der Waals surface area contributed by atoms with Gasteiger partial charge in [-0.2, -0.15) is 18.2 Å². The molecular weight excluding hydrogens is 531 g/mol. The summed E-state index contributed by atoms with van der Waals surface area (Å²) in [5, 5.41) is 17.4. The number of hydrogen-bond acceptors (Lipinski definition) is 9. The lowest BCUT2D eigenvalue weighted by Gasteiger charge is -2.26. The van der Waals surface area contributed by atoms with Crippen LogP contribution in [-0.4, -0.2) is 56.6 Å². The lowest BCUT2D eigenvalue weighted by molar-refractivity contribution is -0.253. The maximum absolute atomic E-state index is 13.0. The number of anilines is 3. The number of benzene rings is 1. The van der Waals surface area contributed by atoms with E-state index in [-0.39, 0.29) is 19.1 Å². The van der Waals surface area contributed by atoms with Crippen LogP contribution in [0.4, 0.5) is 35.4 Å². The highest BCUT2D eigenvalue weighted by atomic mass is 32.2. The molecule has 3 aromatic rings. The zero-order valence-electron chi connectivity index (χ0n) is 20.2. The Labute approximate surface area is 216 Å². The van der Waals surface area contributed by atoms with Crippen molar-refractivity contribution < 1.29 is 32.0 Å². The lowest BCUT2D eigenvalue weighted by Crippen LogP contribution is -2.43. The highest BCUT2D eigenvalue weighted by Crippen LogP contribution is 2.34. The largest absolute Gasteiger partial charge is 0.448 e. The summed E-state index contributed by atoms with van der Waals surface area (Å²) in [5.41, 5.74) is -1.73. The van der Waals surface area contributed by atoms with Crippen molar-refractivity contribution >= 4 is 44.6 Å². The van der Waals surface area contributed by atoms with Crippen LogP contribution in [-0.2, 0) is 14.5 Å². The second-order valence-electron chi connectivity index (χ2n) is 8.12. The summed E-state index contributed by atoms with van der Waals surface area (Å²) in [7, 11) is -3.01. The fourth-order valence-electron chi connectivity index (χ4n) is 3.02. The van der Waals surface area contributed by atoms with Crippen LogP contribution >= 0.6 is 11.3 Å². The molecule has 0 saturated carbocycles. The Balaban J connectivity index is 1.80. The van der Waals surface area contributed by atoms with E-state index < -0.39 is 34.0 Å². The number of thiophene rings is 1. The van der Waals surface area contributed by atoms with E-state index in [0.29, 0.717) is 22.0 Å². The zero-order valence-corrected chi connectivity index (χ0v) is 21.8. The molecule has 0 aliphatic carbocycles. The second kappa shape index (κ2) is 11.4. The van der Waals surface area contributed by atoms with Crippen molar-refractivity contribution in [1.82, 2.24) is 9.97 Å². The van der Waals surface area contributed by atoms with Gasteiger partial charge in [0.05, 0.1) is 21.9 Å².